The van der Waals surface area contributed by atoms with Gasteiger partial charge in [-0.25, -0.2) is 4.79 Å². The fraction of sp³-hybridized carbons (Fsp3) is 0.167. The number of ether oxygens (including phenoxy) is 1. The lowest BCUT2D eigenvalue weighted by atomic mass is 10.1. The SMILES string of the molecule is COC(=O)c1ccc2c(ccn2CCc2ccccc2)c1. The van der Waals surface area contributed by atoms with E-state index in [9.17, 15) is 4.79 Å². The van der Waals surface area contributed by atoms with E-state index in [1.807, 2.05) is 30.3 Å². The van der Waals surface area contributed by atoms with Crippen LogP contribution in [0.2, 0.25) is 0 Å². The van der Waals surface area contributed by atoms with E-state index < -0.39 is 0 Å². The molecule has 0 aliphatic rings. The highest BCUT2D eigenvalue weighted by atomic mass is 16.5. The lowest BCUT2D eigenvalue weighted by Crippen LogP contribution is -2.02. The Hall–Kier alpha value is -2.55. The smallest absolute Gasteiger partial charge is 0.337 e. The number of nitrogens with zero attached hydrogens (tertiary/aromatic N) is 1. The molecular formula is C18H17NO2. The Labute approximate surface area is 123 Å². The van der Waals surface area contributed by atoms with E-state index in [-0.39, 0.29) is 5.97 Å². The second kappa shape index (κ2) is 5.83. The number of rotatable bonds is 4. The van der Waals surface area contributed by atoms with Gasteiger partial charge in [0.1, 0.15) is 0 Å². The quantitative estimate of drug-likeness (QED) is 0.682. The summed E-state index contributed by atoms with van der Waals surface area (Å²) in [5.74, 6) is -0.297. The number of aryl methyl sites for hydroxylation is 2. The average molecular weight is 279 g/mol. The number of carbonyl (C=O) groups is 1. The summed E-state index contributed by atoms with van der Waals surface area (Å²) in [5.41, 5.74) is 3.05. The van der Waals surface area contributed by atoms with Gasteiger partial charge in [0.15, 0.2) is 0 Å². The van der Waals surface area contributed by atoms with Crippen molar-refractivity contribution in [2.75, 3.05) is 7.11 Å². The Kier molecular flexibility index (Phi) is 3.73. The van der Waals surface area contributed by atoms with E-state index in [1.54, 1.807) is 0 Å². The maximum absolute atomic E-state index is 11.5. The van der Waals surface area contributed by atoms with Crippen molar-refractivity contribution in [1.82, 2.24) is 4.57 Å². The summed E-state index contributed by atoms with van der Waals surface area (Å²) < 4.78 is 6.96. The molecule has 0 radical (unpaired) electrons. The number of methoxy groups -OCH3 is 1. The summed E-state index contributed by atoms with van der Waals surface area (Å²) in [4.78, 5) is 11.5. The molecule has 0 unspecified atom stereocenters. The van der Waals surface area contributed by atoms with Gasteiger partial charge in [-0.1, -0.05) is 30.3 Å². The monoisotopic (exact) mass is 279 g/mol. The van der Waals surface area contributed by atoms with Gasteiger partial charge in [0.05, 0.1) is 12.7 Å². The van der Waals surface area contributed by atoms with Crippen LogP contribution in [0.25, 0.3) is 10.9 Å². The second-order valence-corrected chi connectivity index (χ2v) is 5.01. The molecule has 0 spiro atoms. The first kappa shape index (κ1) is 13.4. The summed E-state index contributed by atoms with van der Waals surface area (Å²) in [6, 6.07) is 18.1. The van der Waals surface area contributed by atoms with Crippen LogP contribution < -0.4 is 0 Å². The molecule has 0 amide bonds. The molecule has 1 heterocycles. The average Bonchev–Trinajstić information content (AvgIpc) is 2.95. The molecule has 0 aliphatic carbocycles. The minimum absolute atomic E-state index is 0.297. The van der Waals surface area contributed by atoms with E-state index in [2.05, 4.69) is 35.0 Å². The molecule has 0 bridgehead atoms. The van der Waals surface area contributed by atoms with Crippen LogP contribution in [0, 0.1) is 0 Å². The molecule has 106 valence electrons. The normalized spacial score (nSPS) is 10.7. The summed E-state index contributed by atoms with van der Waals surface area (Å²) in [7, 11) is 1.40. The fourth-order valence-electron chi connectivity index (χ4n) is 2.53. The fourth-order valence-corrected chi connectivity index (χ4v) is 2.53. The Morgan fingerprint density at radius 3 is 2.67 bits per heavy atom. The molecule has 2 aromatic carbocycles. The van der Waals surface area contributed by atoms with Crippen LogP contribution >= 0.6 is 0 Å². The highest BCUT2D eigenvalue weighted by molar-refractivity contribution is 5.94. The van der Waals surface area contributed by atoms with Gasteiger partial charge in [0.25, 0.3) is 0 Å². The first-order valence-corrected chi connectivity index (χ1v) is 6.99. The molecule has 3 aromatic rings. The van der Waals surface area contributed by atoms with Gasteiger partial charge < -0.3 is 9.30 Å². The van der Waals surface area contributed by atoms with Crippen molar-refractivity contribution in [3.05, 3.63) is 71.9 Å². The molecule has 1 aromatic heterocycles. The van der Waals surface area contributed by atoms with Gasteiger partial charge in [-0.3, -0.25) is 0 Å². The largest absolute Gasteiger partial charge is 0.465 e. The molecule has 0 aliphatic heterocycles. The molecule has 21 heavy (non-hydrogen) atoms. The van der Waals surface area contributed by atoms with E-state index in [4.69, 9.17) is 4.74 Å². The van der Waals surface area contributed by atoms with Crippen molar-refractivity contribution in [2.45, 2.75) is 13.0 Å². The minimum atomic E-state index is -0.297. The molecule has 0 N–H and O–H groups in total. The van der Waals surface area contributed by atoms with Crippen LogP contribution in [0.3, 0.4) is 0 Å². The van der Waals surface area contributed by atoms with Gasteiger partial charge >= 0.3 is 5.97 Å². The Bertz CT molecular complexity index is 759. The zero-order valence-corrected chi connectivity index (χ0v) is 12.0. The summed E-state index contributed by atoms with van der Waals surface area (Å²) in [5, 5.41) is 1.06. The van der Waals surface area contributed by atoms with E-state index >= 15 is 0 Å². The number of benzene rings is 2. The Morgan fingerprint density at radius 2 is 1.90 bits per heavy atom. The summed E-state index contributed by atoms with van der Waals surface area (Å²) >= 11 is 0. The molecule has 0 saturated carbocycles. The Morgan fingerprint density at radius 1 is 1.10 bits per heavy atom. The van der Waals surface area contributed by atoms with Crippen molar-refractivity contribution in [1.29, 1.82) is 0 Å². The molecular weight excluding hydrogens is 262 g/mol. The standard InChI is InChI=1S/C18H17NO2/c1-21-18(20)16-7-8-17-15(13-16)10-12-19(17)11-9-14-5-3-2-4-6-14/h2-8,10,12-13H,9,11H2,1H3. The lowest BCUT2D eigenvalue weighted by molar-refractivity contribution is 0.0601. The highest BCUT2D eigenvalue weighted by Gasteiger charge is 2.08. The number of fused-ring (bicyclic) bond motifs is 1. The van der Waals surface area contributed by atoms with Crippen molar-refractivity contribution < 1.29 is 9.53 Å². The van der Waals surface area contributed by atoms with Gasteiger partial charge in [0, 0.05) is 23.6 Å². The van der Waals surface area contributed by atoms with Crippen LogP contribution in [0.4, 0.5) is 0 Å². The van der Waals surface area contributed by atoms with Crippen molar-refractivity contribution in [3.8, 4) is 0 Å². The van der Waals surface area contributed by atoms with Gasteiger partial charge in [0.2, 0.25) is 0 Å². The number of aromatic nitrogens is 1. The van der Waals surface area contributed by atoms with Gasteiger partial charge in [-0.2, -0.15) is 0 Å². The molecule has 0 fully saturated rings. The predicted octanol–water partition coefficient (Wildman–Crippen LogP) is 3.67. The summed E-state index contributed by atoms with van der Waals surface area (Å²) in [6.07, 6.45) is 3.05. The highest BCUT2D eigenvalue weighted by Crippen LogP contribution is 2.19. The maximum atomic E-state index is 11.5. The van der Waals surface area contributed by atoms with Crippen LogP contribution in [0.15, 0.2) is 60.8 Å². The third kappa shape index (κ3) is 2.82. The molecule has 3 heteroatoms. The third-order valence-corrected chi connectivity index (χ3v) is 3.68. The zero-order valence-electron chi connectivity index (χ0n) is 12.0. The van der Waals surface area contributed by atoms with Crippen molar-refractivity contribution >= 4 is 16.9 Å². The van der Waals surface area contributed by atoms with Crippen LogP contribution in [-0.4, -0.2) is 17.6 Å². The first-order valence-electron chi connectivity index (χ1n) is 6.99. The molecule has 3 nitrogen and oxygen atoms in total. The van der Waals surface area contributed by atoms with Gasteiger partial charge in [-0.05, 0) is 36.2 Å². The summed E-state index contributed by atoms with van der Waals surface area (Å²) in [6.45, 7) is 0.922. The number of carbonyl (C=O) groups excluding carboxylic acids is 1. The van der Waals surface area contributed by atoms with Crippen molar-refractivity contribution in [2.24, 2.45) is 0 Å². The number of hydrogen-bond donors (Lipinski definition) is 0. The maximum Gasteiger partial charge on any atom is 0.337 e. The topological polar surface area (TPSA) is 31.2 Å². The van der Waals surface area contributed by atoms with Crippen LogP contribution in [-0.2, 0) is 17.7 Å². The van der Waals surface area contributed by atoms with Crippen molar-refractivity contribution in [3.63, 3.8) is 0 Å². The number of esters is 1. The first-order chi connectivity index (χ1) is 10.3. The lowest BCUT2D eigenvalue weighted by Gasteiger charge is -2.06. The van der Waals surface area contributed by atoms with Crippen LogP contribution in [0.5, 0.6) is 0 Å². The number of hydrogen-bond acceptors (Lipinski definition) is 2. The van der Waals surface area contributed by atoms with E-state index in [1.165, 1.54) is 12.7 Å². The zero-order chi connectivity index (χ0) is 14.7. The van der Waals surface area contributed by atoms with Gasteiger partial charge in [-0.15, -0.1) is 0 Å². The molecule has 0 atom stereocenters. The van der Waals surface area contributed by atoms with Crippen LogP contribution in [0.1, 0.15) is 15.9 Å². The Balaban J connectivity index is 1.82. The molecule has 0 saturated heterocycles. The third-order valence-electron chi connectivity index (χ3n) is 3.68. The molecule has 3 rings (SSSR count). The minimum Gasteiger partial charge on any atom is -0.465 e. The van der Waals surface area contributed by atoms with E-state index in [0.717, 1.165) is 23.9 Å². The predicted molar refractivity (Wildman–Crippen MR) is 83.4 cm³/mol. The second-order valence-electron chi connectivity index (χ2n) is 5.01. The van der Waals surface area contributed by atoms with E-state index in [0.29, 0.717) is 5.56 Å².